The first-order chi connectivity index (χ1) is 19.8. The second-order valence-corrected chi connectivity index (χ2v) is 13.2. The van der Waals surface area contributed by atoms with Gasteiger partial charge in [-0.1, -0.05) is 114 Å². The van der Waals surface area contributed by atoms with E-state index in [1.807, 2.05) is 35.9 Å². The molecule has 1 radical (unpaired) electrons. The Hall–Kier alpha value is -1.49. The van der Waals surface area contributed by atoms with Gasteiger partial charge in [0.2, 0.25) is 4.80 Å². The van der Waals surface area contributed by atoms with Gasteiger partial charge in [0, 0.05) is 36.6 Å². The molecule has 10 heteroatoms. The Balaban J connectivity index is 0.00000616. The van der Waals surface area contributed by atoms with Crippen molar-refractivity contribution in [1.29, 1.82) is 0 Å². The molecule has 1 N–H and O–H groups in total. The SMILES string of the molecule is CCCCCCCCCCCCCCCCOc1ccc(/C(C)=N\N=c2/sc3ccccc3n2C)cc1S(=O)(=O)O.[Na]. The summed E-state index contributed by atoms with van der Waals surface area (Å²) in [5, 5.41) is 8.71. The summed E-state index contributed by atoms with van der Waals surface area (Å²) < 4.78 is 43.0. The predicted octanol–water partition coefficient (Wildman–Crippen LogP) is 8.29. The Bertz CT molecular complexity index is 1430. The summed E-state index contributed by atoms with van der Waals surface area (Å²) in [5.41, 5.74) is 2.15. The third-order valence-electron chi connectivity index (χ3n) is 7.40. The molecule has 0 unspecified atom stereocenters. The minimum Gasteiger partial charge on any atom is -0.492 e. The molecule has 3 rings (SSSR count). The van der Waals surface area contributed by atoms with E-state index in [1.165, 1.54) is 88.0 Å². The van der Waals surface area contributed by atoms with Crippen LogP contribution in [0.5, 0.6) is 5.75 Å². The fourth-order valence-electron chi connectivity index (χ4n) is 4.89. The van der Waals surface area contributed by atoms with Gasteiger partial charge in [0.1, 0.15) is 10.6 Å². The second-order valence-electron chi connectivity index (χ2n) is 10.8. The summed E-state index contributed by atoms with van der Waals surface area (Å²) in [4.78, 5) is 0.482. The first-order valence-corrected chi connectivity index (χ1v) is 17.4. The van der Waals surface area contributed by atoms with Crippen LogP contribution in [0.4, 0.5) is 0 Å². The van der Waals surface area contributed by atoms with Crippen molar-refractivity contribution in [2.75, 3.05) is 6.61 Å². The number of hydrogen-bond acceptors (Lipinski definition) is 6. The van der Waals surface area contributed by atoms with E-state index in [4.69, 9.17) is 4.74 Å². The maximum absolute atomic E-state index is 12.1. The average molecular weight is 625 g/mol. The summed E-state index contributed by atoms with van der Waals surface area (Å²) in [5.74, 6) is 0.159. The zero-order valence-electron chi connectivity index (χ0n) is 26.0. The third kappa shape index (κ3) is 12.2. The molecule has 1 aromatic heterocycles. The molecule has 0 aliphatic heterocycles. The molecule has 2 aromatic carbocycles. The molecular formula is C32H47N3NaO4S2. The van der Waals surface area contributed by atoms with Crippen molar-refractivity contribution in [3.63, 3.8) is 0 Å². The van der Waals surface area contributed by atoms with Crippen molar-refractivity contribution in [3.8, 4) is 5.75 Å². The number of benzene rings is 2. The molecule has 227 valence electrons. The number of rotatable bonds is 19. The molecule has 42 heavy (non-hydrogen) atoms. The fourth-order valence-corrected chi connectivity index (χ4v) is 6.51. The molecule has 0 saturated heterocycles. The zero-order chi connectivity index (χ0) is 29.5. The van der Waals surface area contributed by atoms with Crippen molar-refractivity contribution >= 4 is 66.9 Å². The van der Waals surface area contributed by atoms with Crippen LogP contribution in [0.15, 0.2) is 57.6 Å². The molecule has 0 atom stereocenters. The maximum Gasteiger partial charge on any atom is 0.298 e. The largest absolute Gasteiger partial charge is 0.492 e. The van der Waals surface area contributed by atoms with Gasteiger partial charge in [0.15, 0.2) is 0 Å². The van der Waals surface area contributed by atoms with Gasteiger partial charge < -0.3 is 9.30 Å². The van der Waals surface area contributed by atoms with Crippen LogP contribution >= 0.6 is 11.3 Å². The fraction of sp³-hybridized carbons (Fsp3) is 0.562. The van der Waals surface area contributed by atoms with Gasteiger partial charge in [0.25, 0.3) is 10.1 Å². The minimum absolute atomic E-state index is 0. The molecule has 0 amide bonds. The van der Waals surface area contributed by atoms with Crippen molar-refractivity contribution in [3.05, 3.63) is 52.8 Å². The molecule has 1 heterocycles. The van der Waals surface area contributed by atoms with Crippen molar-refractivity contribution in [2.45, 2.75) is 109 Å². The summed E-state index contributed by atoms with van der Waals surface area (Å²) in [7, 11) is -2.53. The van der Waals surface area contributed by atoms with Gasteiger partial charge in [-0.3, -0.25) is 4.55 Å². The van der Waals surface area contributed by atoms with Crippen LogP contribution < -0.4 is 9.54 Å². The number of aromatic nitrogens is 1. The molecule has 0 saturated carbocycles. The van der Waals surface area contributed by atoms with Crippen LogP contribution in [0, 0.1) is 0 Å². The van der Waals surface area contributed by atoms with E-state index in [-0.39, 0.29) is 40.2 Å². The molecule has 0 fully saturated rings. The van der Waals surface area contributed by atoms with E-state index in [1.54, 1.807) is 19.1 Å². The first kappa shape index (κ1) is 36.7. The van der Waals surface area contributed by atoms with E-state index in [0.29, 0.717) is 17.9 Å². The third-order valence-corrected chi connectivity index (χ3v) is 9.37. The second kappa shape index (κ2) is 19.7. The van der Waals surface area contributed by atoms with Gasteiger partial charge in [-0.2, -0.15) is 13.5 Å². The molecule has 7 nitrogen and oxygen atoms in total. The van der Waals surface area contributed by atoms with Gasteiger partial charge in [-0.05, 0) is 49.2 Å². The number of para-hydroxylation sites is 1. The van der Waals surface area contributed by atoms with E-state index in [9.17, 15) is 13.0 Å². The number of ether oxygens (including phenoxy) is 1. The Morgan fingerprint density at radius 1 is 0.881 bits per heavy atom. The first-order valence-electron chi connectivity index (χ1n) is 15.2. The smallest absolute Gasteiger partial charge is 0.298 e. The summed E-state index contributed by atoms with van der Waals surface area (Å²) >= 11 is 1.53. The average Bonchev–Trinajstić information content (AvgIpc) is 3.28. The number of fused-ring (bicyclic) bond motifs is 1. The number of nitrogens with zero attached hydrogens (tertiary/aromatic N) is 3. The summed E-state index contributed by atoms with van der Waals surface area (Å²) in [6, 6.07) is 12.7. The quantitative estimate of drug-likeness (QED) is 0.0477. The number of unbranched alkanes of at least 4 members (excludes halogenated alkanes) is 13. The van der Waals surface area contributed by atoms with Gasteiger partial charge >= 0.3 is 0 Å². The topological polar surface area (TPSA) is 93.3 Å². The number of thiazole rings is 1. The molecule has 0 bridgehead atoms. The van der Waals surface area contributed by atoms with Crippen LogP contribution in [-0.4, -0.2) is 59.4 Å². The molecule has 0 aliphatic rings. The Morgan fingerprint density at radius 3 is 2.02 bits per heavy atom. The van der Waals surface area contributed by atoms with Gasteiger partial charge in [0.05, 0.1) is 22.5 Å². The van der Waals surface area contributed by atoms with E-state index < -0.39 is 10.1 Å². The molecular weight excluding hydrogens is 577 g/mol. The summed E-state index contributed by atoms with van der Waals surface area (Å²) in [6.45, 7) is 4.43. The molecule has 3 aromatic rings. The van der Waals surface area contributed by atoms with Crippen LogP contribution in [0.2, 0.25) is 0 Å². The van der Waals surface area contributed by atoms with Gasteiger partial charge in [-0.25, -0.2) is 0 Å². The molecule has 0 aliphatic carbocycles. The van der Waals surface area contributed by atoms with Crippen LogP contribution in [0.25, 0.3) is 10.2 Å². The monoisotopic (exact) mass is 624 g/mol. The number of aryl methyl sites for hydroxylation is 1. The Morgan fingerprint density at radius 2 is 1.45 bits per heavy atom. The van der Waals surface area contributed by atoms with Crippen molar-refractivity contribution in [1.82, 2.24) is 4.57 Å². The zero-order valence-corrected chi connectivity index (χ0v) is 29.6. The van der Waals surface area contributed by atoms with Crippen LogP contribution in [0.1, 0.15) is 109 Å². The number of hydrogen-bond donors (Lipinski definition) is 1. The molecule has 0 spiro atoms. The van der Waals surface area contributed by atoms with Crippen molar-refractivity contribution < 1.29 is 17.7 Å². The van der Waals surface area contributed by atoms with E-state index >= 15 is 0 Å². The Kier molecular flexibility index (Phi) is 17.2. The standard InChI is InChI=1S/C32H47N3O4S2.Na/c1-4-5-6-7-8-9-10-11-12-13-14-15-16-19-24-39-29-23-22-27(25-31(29)41(36,37)38)26(2)33-34-32-35(3)28-20-17-18-21-30(28)40-32;/h17-18,20-23,25H,4-16,19,24H2,1-3H3,(H,36,37,38);/b33-26-,34-32-;. The van der Waals surface area contributed by atoms with Crippen LogP contribution in [-0.2, 0) is 17.2 Å². The minimum atomic E-state index is -4.46. The van der Waals surface area contributed by atoms with Crippen molar-refractivity contribution in [2.24, 2.45) is 17.3 Å². The van der Waals surface area contributed by atoms with Crippen LogP contribution in [0.3, 0.4) is 0 Å². The maximum atomic E-state index is 12.1. The van der Waals surface area contributed by atoms with E-state index in [0.717, 1.165) is 34.3 Å². The summed E-state index contributed by atoms with van der Waals surface area (Å²) in [6.07, 6.45) is 17.8. The Labute approximate surface area is 278 Å². The predicted molar refractivity (Wildman–Crippen MR) is 176 cm³/mol. The van der Waals surface area contributed by atoms with Gasteiger partial charge in [-0.15, -0.1) is 5.10 Å². The van der Waals surface area contributed by atoms with E-state index in [2.05, 4.69) is 17.1 Å². The normalized spacial score (nSPS) is 12.6.